The monoisotopic (exact) mass is 162 g/mol. The highest BCUT2D eigenvalue weighted by Gasteiger charge is 1.99. The molecule has 0 N–H and O–H groups in total. The molecule has 0 aliphatic carbocycles. The predicted molar refractivity (Wildman–Crippen MR) is 46.3 cm³/mol. The van der Waals surface area contributed by atoms with Crippen LogP contribution in [0.15, 0.2) is 24.3 Å². The van der Waals surface area contributed by atoms with Crippen LogP contribution in [0, 0.1) is 0 Å². The van der Waals surface area contributed by atoms with Crippen LogP contribution in [-0.2, 0) is 9.47 Å². The molecule has 2 heteroatoms. The molecular formula is C10H10O2. The lowest BCUT2D eigenvalue weighted by Gasteiger charge is -2.07. The first-order chi connectivity index (χ1) is 5.86. The molecule has 0 saturated heterocycles. The number of fused-ring (bicyclic) bond motifs is 1. The maximum absolute atomic E-state index is 5.25. The summed E-state index contributed by atoms with van der Waals surface area (Å²) in [6, 6.07) is 7.94. The summed E-state index contributed by atoms with van der Waals surface area (Å²) in [5.74, 6) is 0. The number of hydrogen-bond donors (Lipinski definition) is 0. The van der Waals surface area contributed by atoms with Crippen molar-refractivity contribution in [1.82, 2.24) is 0 Å². The van der Waals surface area contributed by atoms with Crippen molar-refractivity contribution in [3.63, 3.8) is 0 Å². The number of hydrogen-bond acceptors (Lipinski definition) is 2. The molecule has 12 heavy (non-hydrogen) atoms. The van der Waals surface area contributed by atoms with Crippen molar-refractivity contribution in [3.05, 3.63) is 34.7 Å². The molecule has 0 radical (unpaired) electrons. The molecular weight excluding hydrogens is 152 g/mol. The van der Waals surface area contributed by atoms with E-state index in [1.165, 1.54) is 0 Å². The third-order valence-electron chi connectivity index (χ3n) is 1.77. The van der Waals surface area contributed by atoms with Gasteiger partial charge >= 0.3 is 0 Å². The zero-order valence-electron chi connectivity index (χ0n) is 6.86. The maximum atomic E-state index is 5.25. The van der Waals surface area contributed by atoms with E-state index in [1.54, 1.807) is 12.5 Å². The standard InChI is InChI=1S/C10H10O2/c1-8-11-6-9-4-2-3-5-10(9)7-12-8/h2-8H,1H3. The van der Waals surface area contributed by atoms with E-state index in [4.69, 9.17) is 9.47 Å². The fraction of sp³-hybridized carbons (Fsp3) is 0.200. The van der Waals surface area contributed by atoms with E-state index >= 15 is 0 Å². The number of ether oxygens (including phenoxy) is 2. The summed E-state index contributed by atoms with van der Waals surface area (Å²) >= 11 is 0. The van der Waals surface area contributed by atoms with Gasteiger partial charge in [-0.1, -0.05) is 24.3 Å². The van der Waals surface area contributed by atoms with Gasteiger partial charge < -0.3 is 9.47 Å². The van der Waals surface area contributed by atoms with Crippen LogP contribution in [0.5, 0.6) is 0 Å². The van der Waals surface area contributed by atoms with Crippen LogP contribution < -0.4 is 10.4 Å². The highest BCUT2D eigenvalue weighted by Crippen LogP contribution is 1.95. The number of benzene rings is 1. The lowest BCUT2D eigenvalue weighted by molar-refractivity contribution is -0.00738. The Labute approximate surface area is 70.7 Å². The Kier molecular flexibility index (Phi) is 1.74. The van der Waals surface area contributed by atoms with Crippen LogP contribution in [0.3, 0.4) is 0 Å². The SMILES string of the molecule is CC1OC=c2ccccc2=CO1. The molecule has 62 valence electrons. The highest BCUT2D eigenvalue weighted by molar-refractivity contribution is 5.26. The minimum atomic E-state index is -0.197. The Hall–Kier alpha value is -1.44. The molecule has 0 atom stereocenters. The first-order valence-electron chi connectivity index (χ1n) is 3.92. The molecule has 2 rings (SSSR count). The molecule has 1 aromatic rings. The molecule has 1 aromatic carbocycles. The van der Waals surface area contributed by atoms with E-state index in [0.29, 0.717) is 0 Å². The van der Waals surface area contributed by atoms with E-state index in [-0.39, 0.29) is 6.29 Å². The Morgan fingerprint density at radius 3 is 2.00 bits per heavy atom. The zero-order valence-corrected chi connectivity index (χ0v) is 6.86. The van der Waals surface area contributed by atoms with Crippen molar-refractivity contribution in [1.29, 1.82) is 0 Å². The van der Waals surface area contributed by atoms with Crippen molar-refractivity contribution in [2.75, 3.05) is 0 Å². The third-order valence-corrected chi connectivity index (χ3v) is 1.77. The van der Waals surface area contributed by atoms with Gasteiger partial charge in [0, 0.05) is 17.4 Å². The summed E-state index contributed by atoms with van der Waals surface area (Å²) in [5.41, 5.74) is 0. The van der Waals surface area contributed by atoms with Crippen LogP contribution in [0.2, 0.25) is 0 Å². The van der Waals surface area contributed by atoms with Gasteiger partial charge in [-0.3, -0.25) is 0 Å². The van der Waals surface area contributed by atoms with Gasteiger partial charge in [0.2, 0.25) is 6.29 Å². The lowest BCUT2D eigenvalue weighted by atomic mass is 10.3. The Bertz CT molecular complexity index is 344. The molecule has 0 unspecified atom stereocenters. The topological polar surface area (TPSA) is 18.5 Å². The largest absolute Gasteiger partial charge is 0.462 e. The van der Waals surface area contributed by atoms with Gasteiger partial charge in [-0.05, 0) is 0 Å². The van der Waals surface area contributed by atoms with Gasteiger partial charge in [0.05, 0.1) is 12.5 Å². The zero-order chi connectivity index (χ0) is 8.39. The molecule has 0 aromatic heterocycles. The smallest absolute Gasteiger partial charge is 0.236 e. The molecule has 2 nitrogen and oxygen atoms in total. The summed E-state index contributed by atoms with van der Waals surface area (Å²) in [6.07, 6.45) is 3.25. The fourth-order valence-corrected chi connectivity index (χ4v) is 1.10. The average molecular weight is 162 g/mol. The van der Waals surface area contributed by atoms with Gasteiger partial charge in [0.25, 0.3) is 0 Å². The summed E-state index contributed by atoms with van der Waals surface area (Å²) in [5, 5.41) is 2.11. The quantitative estimate of drug-likeness (QED) is 0.555. The van der Waals surface area contributed by atoms with Gasteiger partial charge in [-0.2, -0.15) is 0 Å². The molecule has 0 saturated carbocycles. The van der Waals surface area contributed by atoms with Crippen LogP contribution in [0.1, 0.15) is 6.92 Å². The Morgan fingerprint density at radius 2 is 1.50 bits per heavy atom. The van der Waals surface area contributed by atoms with E-state index in [1.807, 2.05) is 31.2 Å². The molecule has 0 bridgehead atoms. The van der Waals surface area contributed by atoms with Crippen molar-refractivity contribution < 1.29 is 9.47 Å². The van der Waals surface area contributed by atoms with Crippen molar-refractivity contribution >= 4 is 12.5 Å². The Balaban J connectivity index is 2.61. The minimum Gasteiger partial charge on any atom is -0.462 e. The molecule has 0 fully saturated rings. The van der Waals surface area contributed by atoms with E-state index in [2.05, 4.69) is 0 Å². The van der Waals surface area contributed by atoms with Gasteiger partial charge in [0.15, 0.2) is 0 Å². The first kappa shape index (κ1) is 7.22. The lowest BCUT2D eigenvalue weighted by Crippen LogP contribution is -2.22. The first-order valence-corrected chi connectivity index (χ1v) is 3.92. The molecule has 1 aliphatic heterocycles. The second kappa shape index (κ2) is 2.89. The van der Waals surface area contributed by atoms with Gasteiger partial charge in [-0.15, -0.1) is 0 Å². The molecule has 1 aliphatic rings. The van der Waals surface area contributed by atoms with Crippen LogP contribution in [-0.4, -0.2) is 6.29 Å². The van der Waals surface area contributed by atoms with Crippen molar-refractivity contribution in [3.8, 4) is 0 Å². The number of rotatable bonds is 0. The molecule has 1 heterocycles. The summed E-state index contributed by atoms with van der Waals surface area (Å²) in [7, 11) is 0. The average Bonchev–Trinajstić information content (AvgIpc) is 2.29. The van der Waals surface area contributed by atoms with Crippen molar-refractivity contribution in [2.24, 2.45) is 0 Å². The normalized spacial score (nSPS) is 15.8. The van der Waals surface area contributed by atoms with Gasteiger partial charge in [0.1, 0.15) is 0 Å². The van der Waals surface area contributed by atoms with Crippen molar-refractivity contribution in [2.45, 2.75) is 13.2 Å². The highest BCUT2D eigenvalue weighted by atomic mass is 16.7. The van der Waals surface area contributed by atoms with E-state index in [0.717, 1.165) is 10.4 Å². The summed E-state index contributed by atoms with van der Waals surface area (Å²) in [6.45, 7) is 1.86. The van der Waals surface area contributed by atoms with Gasteiger partial charge in [-0.25, -0.2) is 0 Å². The van der Waals surface area contributed by atoms with Crippen LogP contribution in [0.4, 0.5) is 0 Å². The predicted octanol–water partition coefficient (Wildman–Crippen LogP) is 0.555. The van der Waals surface area contributed by atoms with Crippen LogP contribution in [0.25, 0.3) is 12.5 Å². The van der Waals surface area contributed by atoms with E-state index < -0.39 is 0 Å². The summed E-state index contributed by atoms with van der Waals surface area (Å²) < 4.78 is 10.5. The second-order valence-electron chi connectivity index (χ2n) is 2.70. The maximum Gasteiger partial charge on any atom is 0.236 e. The Morgan fingerprint density at radius 1 is 1.00 bits per heavy atom. The van der Waals surface area contributed by atoms with E-state index in [9.17, 15) is 0 Å². The third kappa shape index (κ3) is 1.28. The molecule has 0 amide bonds. The van der Waals surface area contributed by atoms with Crippen LogP contribution >= 0.6 is 0 Å². The second-order valence-corrected chi connectivity index (χ2v) is 2.70. The summed E-state index contributed by atoms with van der Waals surface area (Å²) in [4.78, 5) is 0. The minimum absolute atomic E-state index is 0.197. The fourth-order valence-electron chi connectivity index (χ4n) is 1.10. The molecule has 0 spiro atoms.